The Morgan fingerprint density at radius 3 is 2.57 bits per heavy atom. The second-order valence-electron chi connectivity index (χ2n) is 5.37. The van der Waals surface area contributed by atoms with Gasteiger partial charge in [0.2, 0.25) is 5.91 Å². The predicted octanol–water partition coefficient (Wildman–Crippen LogP) is 3.41. The molecule has 1 aromatic carbocycles. The van der Waals surface area contributed by atoms with E-state index in [0.717, 1.165) is 24.6 Å². The molecular formula is C17H27ClN4O. The lowest BCUT2D eigenvalue weighted by Crippen LogP contribution is -2.42. The third kappa shape index (κ3) is 8.45. The minimum atomic E-state index is -0.0117. The van der Waals surface area contributed by atoms with E-state index in [-0.39, 0.29) is 5.91 Å². The number of hydrogen-bond donors (Lipinski definition) is 3. The van der Waals surface area contributed by atoms with Crippen molar-refractivity contribution in [1.29, 1.82) is 0 Å². The molecule has 0 fully saturated rings. The first-order valence-electron chi connectivity index (χ1n) is 8.15. The number of benzene rings is 1. The summed E-state index contributed by atoms with van der Waals surface area (Å²) in [4.78, 5) is 16.4. The van der Waals surface area contributed by atoms with Crippen molar-refractivity contribution in [2.45, 2.75) is 46.1 Å². The van der Waals surface area contributed by atoms with E-state index in [1.54, 1.807) is 24.3 Å². The van der Waals surface area contributed by atoms with Crippen LogP contribution in [0.2, 0.25) is 5.02 Å². The van der Waals surface area contributed by atoms with Gasteiger partial charge in [0.25, 0.3) is 0 Å². The van der Waals surface area contributed by atoms with E-state index in [9.17, 15) is 4.79 Å². The van der Waals surface area contributed by atoms with Crippen molar-refractivity contribution in [3.63, 3.8) is 0 Å². The summed E-state index contributed by atoms with van der Waals surface area (Å²) in [6.07, 6.45) is 2.18. The van der Waals surface area contributed by atoms with Gasteiger partial charge in [-0.3, -0.25) is 9.79 Å². The van der Waals surface area contributed by atoms with Crippen LogP contribution in [-0.2, 0) is 4.79 Å². The van der Waals surface area contributed by atoms with E-state index in [4.69, 9.17) is 11.6 Å². The summed E-state index contributed by atoms with van der Waals surface area (Å²) in [7, 11) is 0. The van der Waals surface area contributed by atoms with E-state index in [2.05, 4.69) is 34.8 Å². The van der Waals surface area contributed by atoms with Crippen LogP contribution in [0, 0.1) is 0 Å². The molecule has 0 heterocycles. The third-order valence-electron chi connectivity index (χ3n) is 3.30. The molecular weight excluding hydrogens is 312 g/mol. The van der Waals surface area contributed by atoms with E-state index in [1.165, 1.54) is 0 Å². The van der Waals surface area contributed by atoms with Crippen LogP contribution in [0.4, 0.5) is 5.69 Å². The van der Waals surface area contributed by atoms with Gasteiger partial charge in [0.05, 0.1) is 0 Å². The first-order valence-corrected chi connectivity index (χ1v) is 8.53. The summed E-state index contributed by atoms with van der Waals surface area (Å²) in [5, 5.41) is 10.0. The Hall–Kier alpha value is -1.75. The van der Waals surface area contributed by atoms with E-state index in [1.807, 2.05) is 6.92 Å². The normalized spacial score (nSPS) is 12.6. The first kappa shape index (κ1) is 19.3. The van der Waals surface area contributed by atoms with Crippen molar-refractivity contribution in [3.05, 3.63) is 29.3 Å². The van der Waals surface area contributed by atoms with Crippen LogP contribution in [-0.4, -0.2) is 31.0 Å². The van der Waals surface area contributed by atoms with Crippen LogP contribution in [0.3, 0.4) is 0 Å². The molecule has 0 aliphatic rings. The van der Waals surface area contributed by atoms with Gasteiger partial charge in [-0.1, -0.05) is 18.5 Å². The third-order valence-corrected chi connectivity index (χ3v) is 3.55. The highest BCUT2D eigenvalue weighted by molar-refractivity contribution is 6.30. The number of hydrogen-bond acceptors (Lipinski definition) is 2. The summed E-state index contributed by atoms with van der Waals surface area (Å²) in [5.74, 6) is 0.794. The average Bonchev–Trinajstić information content (AvgIpc) is 2.53. The lowest BCUT2D eigenvalue weighted by molar-refractivity contribution is -0.116. The average molecular weight is 339 g/mol. The number of rotatable bonds is 8. The quantitative estimate of drug-likeness (QED) is 0.386. The van der Waals surface area contributed by atoms with Crippen LogP contribution in [0.25, 0.3) is 0 Å². The number of nitrogens with one attached hydrogen (secondary N) is 3. The first-order chi connectivity index (χ1) is 11.0. The van der Waals surface area contributed by atoms with E-state index >= 15 is 0 Å². The van der Waals surface area contributed by atoms with Gasteiger partial charge in [-0.15, -0.1) is 0 Å². The molecule has 128 valence electrons. The largest absolute Gasteiger partial charge is 0.357 e. The summed E-state index contributed by atoms with van der Waals surface area (Å²) in [6.45, 7) is 7.71. The van der Waals surface area contributed by atoms with Crippen LogP contribution in [0.5, 0.6) is 0 Å². The SMILES string of the molecule is CCNC(=NCCCC(=O)Nc1ccc(Cl)cc1)NC(C)CC. The van der Waals surface area contributed by atoms with Gasteiger partial charge in [0, 0.05) is 36.3 Å². The van der Waals surface area contributed by atoms with Crippen molar-refractivity contribution in [3.8, 4) is 0 Å². The van der Waals surface area contributed by atoms with Crippen molar-refractivity contribution in [2.75, 3.05) is 18.4 Å². The molecule has 0 radical (unpaired) electrons. The highest BCUT2D eigenvalue weighted by atomic mass is 35.5. The molecule has 6 heteroatoms. The topological polar surface area (TPSA) is 65.5 Å². The minimum Gasteiger partial charge on any atom is -0.357 e. The number of halogens is 1. The van der Waals surface area contributed by atoms with Crippen LogP contribution in [0.1, 0.15) is 40.0 Å². The zero-order valence-corrected chi connectivity index (χ0v) is 14.9. The molecule has 0 bridgehead atoms. The van der Waals surface area contributed by atoms with Crippen LogP contribution < -0.4 is 16.0 Å². The number of anilines is 1. The standard InChI is InChI=1S/C17H27ClN4O/c1-4-13(3)21-17(19-5-2)20-12-6-7-16(23)22-15-10-8-14(18)9-11-15/h8-11,13H,4-7,12H2,1-3H3,(H,22,23)(H2,19,20,21). The number of carbonyl (C=O) groups excluding carboxylic acids is 1. The van der Waals surface area contributed by atoms with Gasteiger partial charge in [-0.05, 0) is 51.0 Å². The van der Waals surface area contributed by atoms with Crippen molar-refractivity contribution in [2.24, 2.45) is 4.99 Å². The Morgan fingerprint density at radius 2 is 1.96 bits per heavy atom. The lowest BCUT2D eigenvalue weighted by Gasteiger charge is -2.16. The van der Waals surface area contributed by atoms with Gasteiger partial charge in [0.15, 0.2) is 5.96 Å². The van der Waals surface area contributed by atoms with Crippen LogP contribution in [0.15, 0.2) is 29.3 Å². The minimum absolute atomic E-state index is 0.0117. The molecule has 1 unspecified atom stereocenters. The molecule has 0 spiro atoms. The highest BCUT2D eigenvalue weighted by Gasteiger charge is 2.04. The molecule has 1 aromatic rings. The Kier molecular flexibility index (Phi) is 9.14. The fraction of sp³-hybridized carbons (Fsp3) is 0.529. The summed E-state index contributed by atoms with van der Waals surface area (Å²) in [6, 6.07) is 7.46. The Bertz CT molecular complexity index is 502. The summed E-state index contributed by atoms with van der Waals surface area (Å²) < 4.78 is 0. The van der Waals surface area contributed by atoms with Crippen molar-refractivity contribution in [1.82, 2.24) is 10.6 Å². The molecule has 1 rings (SSSR count). The molecule has 0 aromatic heterocycles. The zero-order chi connectivity index (χ0) is 17.1. The number of aliphatic imine (C=N–C) groups is 1. The Balaban J connectivity index is 2.34. The fourth-order valence-electron chi connectivity index (χ4n) is 1.84. The molecule has 0 saturated carbocycles. The maximum absolute atomic E-state index is 11.9. The monoisotopic (exact) mass is 338 g/mol. The molecule has 0 aliphatic carbocycles. The summed E-state index contributed by atoms with van der Waals surface area (Å²) >= 11 is 5.81. The second kappa shape index (κ2) is 10.9. The Labute approximate surface area is 143 Å². The maximum atomic E-state index is 11.9. The maximum Gasteiger partial charge on any atom is 0.224 e. The fourth-order valence-corrected chi connectivity index (χ4v) is 1.97. The summed E-state index contributed by atoms with van der Waals surface area (Å²) in [5.41, 5.74) is 0.759. The molecule has 0 aliphatic heterocycles. The van der Waals surface area contributed by atoms with Crippen molar-refractivity contribution >= 4 is 29.2 Å². The number of carbonyl (C=O) groups is 1. The molecule has 5 nitrogen and oxygen atoms in total. The van der Waals surface area contributed by atoms with Crippen LogP contribution >= 0.6 is 11.6 Å². The van der Waals surface area contributed by atoms with E-state index < -0.39 is 0 Å². The Morgan fingerprint density at radius 1 is 1.26 bits per heavy atom. The molecule has 3 N–H and O–H groups in total. The van der Waals surface area contributed by atoms with Gasteiger partial charge in [0.1, 0.15) is 0 Å². The molecule has 1 amide bonds. The van der Waals surface area contributed by atoms with Gasteiger partial charge in [-0.25, -0.2) is 0 Å². The smallest absolute Gasteiger partial charge is 0.224 e. The predicted molar refractivity (Wildman–Crippen MR) is 98.2 cm³/mol. The second-order valence-corrected chi connectivity index (χ2v) is 5.81. The van der Waals surface area contributed by atoms with Crippen molar-refractivity contribution < 1.29 is 4.79 Å². The molecule has 1 atom stereocenters. The van der Waals surface area contributed by atoms with Gasteiger partial charge in [-0.2, -0.15) is 0 Å². The zero-order valence-electron chi connectivity index (χ0n) is 14.2. The molecule has 23 heavy (non-hydrogen) atoms. The number of guanidine groups is 1. The van der Waals surface area contributed by atoms with Gasteiger partial charge < -0.3 is 16.0 Å². The lowest BCUT2D eigenvalue weighted by atomic mass is 10.2. The highest BCUT2D eigenvalue weighted by Crippen LogP contribution is 2.13. The van der Waals surface area contributed by atoms with Gasteiger partial charge >= 0.3 is 0 Å². The molecule has 0 saturated heterocycles. The van der Waals surface area contributed by atoms with E-state index in [0.29, 0.717) is 30.5 Å². The number of amides is 1. The number of nitrogens with zero attached hydrogens (tertiary/aromatic N) is 1.